The normalized spacial score (nSPS) is 19.6. The summed E-state index contributed by atoms with van der Waals surface area (Å²) >= 11 is 0. The Morgan fingerprint density at radius 2 is 1.31 bits per heavy atom. The van der Waals surface area contributed by atoms with Crippen molar-refractivity contribution in [1.82, 2.24) is 0 Å². The van der Waals surface area contributed by atoms with Crippen LogP contribution in [0.2, 0.25) is 0 Å². The molecule has 1 fully saturated rings. The number of unbranched alkanes of at least 4 members (excludes halogenated alkanes) is 4. The average molecular weight is 391 g/mol. The van der Waals surface area contributed by atoms with Crippen LogP contribution >= 0.6 is 0 Å². The molecule has 158 valence electrons. The molecule has 0 radical (unpaired) electrons. The molecular formula is C29H42. The Morgan fingerprint density at radius 3 is 1.90 bits per heavy atom. The Kier molecular flexibility index (Phi) is 8.84. The van der Waals surface area contributed by atoms with Gasteiger partial charge in [0.15, 0.2) is 0 Å². The molecule has 1 aliphatic carbocycles. The molecule has 3 rings (SSSR count). The van der Waals surface area contributed by atoms with Gasteiger partial charge < -0.3 is 0 Å². The summed E-state index contributed by atoms with van der Waals surface area (Å²) in [6.07, 6.45) is 15.0. The van der Waals surface area contributed by atoms with Crippen LogP contribution in [-0.2, 0) is 6.42 Å². The summed E-state index contributed by atoms with van der Waals surface area (Å²) in [7, 11) is 0. The highest BCUT2D eigenvalue weighted by Gasteiger charge is 2.22. The molecule has 0 saturated heterocycles. The Morgan fingerprint density at radius 1 is 0.724 bits per heavy atom. The quantitative estimate of drug-likeness (QED) is 0.355. The van der Waals surface area contributed by atoms with Gasteiger partial charge >= 0.3 is 0 Å². The first-order valence-electron chi connectivity index (χ1n) is 12.3. The van der Waals surface area contributed by atoms with E-state index in [0.717, 1.165) is 17.8 Å². The summed E-state index contributed by atoms with van der Waals surface area (Å²) in [5.74, 6) is 2.60. The van der Waals surface area contributed by atoms with Crippen molar-refractivity contribution in [2.75, 3.05) is 0 Å². The van der Waals surface area contributed by atoms with E-state index in [0.29, 0.717) is 0 Å². The Labute approximate surface area is 180 Å². The predicted molar refractivity (Wildman–Crippen MR) is 128 cm³/mol. The second kappa shape index (κ2) is 11.6. The van der Waals surface area contributed by atoms with Crippen molar-refractivity contribution in [3.63, 3.8) is 0 Å². The van der Waals surface area contributed by atoms with Gasteiger partial charge in [0.05, 0.1) is 0 Å². The summed E-state index contributed by atoms with van der Waals surface area (Å²) in [5.41, 5.74) is 5.75. The third-order valence-corrected chi connectivity index (χ3v) is 6.89. The summed E-state index contributed by atoms with van der Waals surface area (Å²) in [6.45, 7) is 7.01. The highest BCUT2D eigenvalue weighted by Crippen LogP contribution is 2.38. The minimum Gasteiger partial charge on any atom is -0.0654 e. The fraction of sp³-hybridized carbons (Fsp3) is 0.586. The molecule has 0 unspecified atom stereocenters. The first kappa shape index (κ1) is 22.1. The molecule has 0 spiro atoms. The molecular weight excluding hydrogens is 348 g/mol. The minimum absolute atomic E-state index is 0.780. The molecule has 0 aliphatic heterocycles. The maximum Gasteiger partial charge on any atom is -0.0162 e. The van der Waals surface area contributed by atoms with Gasteiger partial charge in [0.1, 0.15) is 0 Å². The van der Waals surface area contributed by atoms with Crippen LogP contribution in [-0.4, -0.2) is 0 Å². The summed E-state index contributed by atoms with van der Waals surface area (Å²) < 4.78 is 0. The molecule has 0 nitrogen and oxygen atoms in total. The number of benzene rings is 2. The van der Waals surface area contributed by atoms with E-state index in [1.807, 2.05) is 0 Å². The fourth-order valence-electron chi connectivity index (χ4n) is 5.14. The summed E-state index contributed by atoms with van der Waals surface area (Å²) in [6, 6.07) is 18.8. The highest BCUT2D eigenvalue weighted by molar-refractivity contribution is 5.64. The molecule has 0 amide bonds. The van der Waals surface area contributed by atoms with Crippen LogP contribution in [0.5, 0.6) is 0 Å². The van der Waals surface area contributed by atoms with Crippen molar-refractivity contribution < 1.29 is 0 Å². The maximum atomic E-state index is 2.39. The fourth-order valence-corrected chi connectivity index (χ4v) is 5.14. The van der Waals surface area contributed by atoms with Crippen LogP contribution in [0.25, 0.3) is 11.1 Å². The zero-order chi connectivity index (χ0) is 20.5. The smallest absolute Gasteiger partial charge is 0.0162 e. The van der Waals surface area contributed by atoms with Crippen LogP contribution in [0.4, 0.5) is 0 Å². The van der Waals surface area contributed by atoms with Crippen molar-refractivity contribution in [2.45, 2.75) is 97.3 Å². The number of rotatable bonds is 10. The van der Waals surface area contributed by atoms with Gasteiger partial charge in [-0.3, -0.25) is 0 Å². The lowest BCUT2D eigenvalue weighted by Crippen LogP contribution is -2.14. The SMILES string of the molecule is CCCCCCCc1ccc(-c2ccc(C3CCC(CC(C)C)CC3)cc2)cc1. The van der Waals surface area contributed by atoms with Gasteiger partial charge in [-0.15, -0.1) is 0 Å². The monoisotopic (exact) mass is 390 g/mol. The van der Waals surface area contributed by atoms with Gasteiger partial charge in [-0.2, -0.15) is 0 Å². The molecule has 0 bridgehead atoms. The van der Waals surface area contributed by atoms with Crippen LogP contribution in [0.1, 0.15) is 102 Å². The van der Waals surface area contributed by atoms with Gasteiger partial charge in [0, 0.05) is 0 Å². The van der Waals surface area contributed by atoms with E-state index in [2.05, 4.69) is 69.3 Å². The average Bonchev–Trinajstić information content (AvgIpc) is 2.74. The van der Waals surface area contributed by atoms with E-state index < -0.39 is 0 Å². The van der Waals surface area contributed by atoms with E-state index in [1.165, 1.54) is 87.3 Å². The van der Waals surface area contributed by atoms with Crippen LogP contribution in [0, 0.1) is 11.8 Å². The first-order chi connectivity index (χ1) is 14.2. The van der Waals surface area contributed by atoms with Gasteiger partial charge in [-0.25, -0.2) is 0 Å². The number of aryl methyl sites for hydroxylation is 1. The third kappa shape index (κ3) is 7.02. The van der Waals surface area contributed by atoms with Crippen molar-refractivity contribution in [3.05, 3.63) is 59.7 Å². The molecule has 1 saturated carbocycles. The Bertz CT molecular complexity index is 684. The van der Waals surface area contributed by atoms with E-state index >= 15 is 0 Å². The van der Waals surface area contributed by atoms with Gasteiger partial charge in [0.25, 0.3) is 0 Å². The predicted octanol–water partition coefficient (Wildman–Crippen LogP) is 9.19. The molecule has 0 atom stereocenters. The first-order valence-corrected chi connectivity index (χ1v) is 12.3. The summed E-state index contributed by atoms with van der Waals surface area (Å²) in [4.78, 5) is 0. The third-order valence-electron chi connectivity index (χ3n) is 6.89. The second-order valence-corrected chi connectivity index (χ2v) is 9.83. The molecule has 29 heavy (non-hydrogen) atoms. The molecule has 0 aromatic heterocycles. The van der Waals surface area contributed by atoms with Crippen LogP contribution < -0.4 is 0 Å². The van der Waals surface area contributed by atoms with E-state index in [-0.39, 0.29) is 0 Å². The molecule has 2 aromatic rings. The molecule has 0 heteroatoms. The van der Waals surface area contributed by atoms with E-state index in [9.17, 15) is 0 Å². The topological polar surface area (TPSA) is 0 Å². The van der Waals surface area contributed by atoms with Crippen molar-refractivity contribution >= 4 is 0 Å². The lowest BCUT2D eigenvalue weighted by molar-refractivity contribution is 0.283. The minimum atomic E-state index is 0.780. The van der Waals surface area contributed by atoms with E-state index in [1.54, 1.807) is 5.56 Å². The van der Waals surface area contributed by atoms with Crippen LogP contribution in [0.15, 0.2) is 48.5 Å². The highest BCUT2D eigenvalue weighted by atomic mass is 14.3. The lowest BCUT2D eigenvalue weighted by Gasteiger charge is -2.29. The Hall–Kier alpha value is -1.56. The van der Waals surface area contributed by atoms with Crippen molar-refractivity contribution in [2.24, 2.45) is 11.8 Å². The number of hydrogen-bond acceptors (Lipinski definition) is 0. The second-order valence-electron chi connectivity index (χ2n) is 9.83. The lowest BCUT2D eigenvalue weighted by atomic mass is 9.76. The van der Waals surface area contributed by atoms with Gasteiger partial charge in [-0.05, 0) is 85.0 Å². The molecule has 0 heterocycles. The molecule has 0 N–H and O–H groups in total. The molecule has 2 aromatic carbocycles. The van der Waals surface area contributed by atoms with E-state index in [4.69, 9.17) is 0 Å². The zero-order valence-corrected chi connectivity index (χ0v) is 19.1. The van der Waals surface area contributed by atoms with Crippen molar-refractivity contribution in [3.8, 4) is 11.1 Å². The Balaban J connectivity index is 1.50. The van der Waals surface area contributed by atoms with Crippen LogP contribution in [0.3, 0.4) is 0 Å². The largest absolute Gasteiger partial charge is 0.0654 e. The zero-order valence-electron chi connectivity index (χ0n) is 19.1. The number of hydrogen-bond donors (Lipinski definition) is 0. The molecule has 1 aliphatic rings. The maximum absolute atomic E-state index is 2.39. The van der Waals surface area contributed by atoms with Gasteiger partial charge in [0.2, 0.25) is 0 Å². The summed E-state index contributed by atoms with van der Waals surface area (Å²) in [5, 5.41) is 0. The van der Waals surface area contributed by atoms with Gasteiger partial charge in [-0.1, -0.05) is 95.0 Å². The van der Waals surface area contributed by atoms with Crippen molar-refractivity contribution in [1.29, 1.82) is 0 Å². The standard InChI is InChI=1S/C29H42/c1-4-5-6-7-8-9-24-10-14-26(15-11-24)28-18-20-29(21-19-28)27-16-12-25(13-17-27)22-23(2)3/h10-11,14-15,18-21,23,25,27H,4-9,12-13,16-17,22H2,1-3H3.